The largest absolute Gasteiger partial charge is 0.507 e. The fourth-order valence-electron chi connectivity index (χ4n) is 2.92. The van der Waals surface area contributed by atoms with E-state index in [4.69, 9.17) is 0 Å². The van der Waals surface area contributed by atoms with Gasteiger partial charge in [-0.1, -0.05) is 41.9 Å². The quantitative estimate of drug-likeness (QED) is 0.574. The van der Waals surface area contributed by atoms with E-state index >= 15 is 0 Å². The number of aromatic nitrogens is 2. The zero-order chi connectivity index (χ0) is 18.5. The second kappa shape index (κ2) is 8.47. The summed E-state index contributed by atoms with van der Waals surface area (Å²) < 4.78 is 3.03. The Bertz CT molecular complexity index is 915. The summed E-state index contributed by atoms with van der Waals surface area (Å²) in [6.07, 6.45) is 1.66. The highest BCUT2D eigenvalue weighted by molar-refractivity contribution is 9.10. The van der Waals surface area contributed by atoms with Crippen molar-refractivity contribution in [2.24, 2.45) is 4.99 Å². The first-order valence-corrected chi connectivity index (χ1v) is 9.62. The number of aromatic hydroxyl groups is 1. The van der Waals surface area contributed by atoms with Crippen LogP contribution in [-0.4, -0.2) is 45.4 Å². The van der Waals surface area contributed by atoms with Crippen molar-refractivity contribution in [1.82, 2.24) is 14.5 Å². The molecule has 0 radical (unpaired) electrons. The summed E-state index contributed by atoms with van der Waals surface area (Å²) in [7, 11) is 0. The van der Waals surface area contributed by atoms with Gasteiger partial charge < -0.3 is 14.6 Å². The summed E-state index contributed by atoms with van der Waals surface area (Å²) in [5.74, 6) is 0.848. The Morgan fingerprint density at radius 2 is 1.96 bits per heavy atom. The van der Waals surface area contributed by atoms with Gasteiger partial charge in [-0.25, -0.2) is 9.98 Å². The minimum atomic E-state index is 0.197. The number of phenols is 1. The molecule has 3 rings (SSSR count). The topological polar surface area (TPSA) is 53.7 Å². The Kier molecular flexibility index (Phi) is 6.06. The van der Waals surface area contributed by atoms with E-state index in [9.17, 15) is 5.11 Å². The van der Waals surface area contributed by atoms with Gasteiger partial charge in [0.1, 0.15) is 5.75 Å². The molecule has 3 aromatic rings. The molecule has 0 saturated heterocycles. The number of halogens is 1. The number of nitrogens with zero attached hydrogens (tertiary/aromatic N) is 4. The number of hydrogen-bond acceptors (Lipinski definition) is 4. The number of imidazole rings is 1. The highest BCUT2D eigenvalue weighted by atomic mass is 79.9. The van der Waals surface area contributed by atoms with E-state index in [1.807, 2.05) is 24.3 Å². The Labute approximate surface area is 162 Å². The summed E-state index contributed by atoms with van der Waals surface area (Å²) in [5.41, 5.74) is 2.66. The molecular weight excluding hydrogens is 392 g/mol. The summed E-state index contributed by atoms with van der Waals surface area (Å²) in [6.45, 7) is 8.15. The molecule has 1 N–H and O–H groups in total. The predicted molar refractivity (Wildman–Crippen MR) is 111 cm³/mol. The first-order valence-electron chi connectivity index (χ1n) is 8.82. The molecule has 1 aromatic heterocycles. The lowest BCUT2D eigenvalue weighted by molar-refractivity contribution is 0.292. The Morgan fingerprint density at radius 3 is 2.73 bits per heavy atom. The van der Waals surface area contributed by atoms with E-state index in [2.05, 4.69) is 55.3 Å². The van der Waals surface area contributed by atoms with E-state index in [1.165, 1.54) is 0 Å². The third-order valence-corrected chi connectivity index (χ3v) is 4.97. The van der Waals surface area contributed by atoms with Crippen molar-refractivity contribution < 1.29 is 5.11 Å². The number of aliphatic imine (C=N–C) groups is 1. The van der Waals surface area contributed by atoms with Gasteiger partial charge in [0.2, 0.25) is 5.95 Å². The van der Waals surface area contributed by atoms with Gasteiger partial charge in [-0.2, -0.15) is 0 Å². The molecule has 5 nitrogen and oxygen atoms in total. The number of likely N-dealkylation sites (N-methyl/N-ethyl adjacent to an activating group) is 1. The zero-order valence-electron chi connectivity index (χ0n) is 15.1. The van der Waals surface area contributed by atoms with Gasteiger partial charge in [0, 0.05) is 29.3 Å². The SMILES string of the molecule is CCN(CC)CCn1c(/N=C/c2cc(Br)ccc2O)nc2ccccc21. The van der Waals surface area contributed by atoms with Gasteiger partial charge in [-0.05, 0) is 43.4 Å². The zero-order valence-corrected chi connectivity index (χ0v) is 16.6. The van der Waals surface area contributed by atoms with Gasteiger partial charge in [0.15, 0.2) is 0 Å². The van der Waals surface area contributed by atoms with Crippen LogP contribution >= 0.6 is 15.9 Å². The van der Waals surface area contributed by atoms with Crippen LogP contribution in [0.2, 0.25) is 0 Å². The molecule has 0 atom stereocenters. The summed E-state index contributed by atoms with van der Waals surface area (Å²) in [6, 6.07) is 13.4. The monoisotopic (exact) mass is 414 g/mol. The Balaban J connectivity index is 1.95. The van der Waals surface area contributed by atoms with Crippen LogP contribution < -0.4 is 0 Å². The van der Waals surface area contributed by atoms with Crippen LogP contribution in [-0.2, 0) is 6.54 Å². The average Bonchev–Trinajstić information content (AvgIpc) is 3.01. The maximum absolute atomic E-state index is 10.0. The fourth-order valence-corrected chi connectivity index (χ4v) is 3.30. The molecule has 0 unspecified atom stereocenters. The van der Waals surface area contributed by atoms with Crippen molar-refractivity contribution >= 4 is 39.1 Å². The normalized spacial score (nSPS) is 11.8. The lowest BCUT2D eigenvalue weighted by Crippen LogP contribution is -2.26. The predicted octanol–water partition coefficient (Wildman–Crippen LogP) is 4.60. The van der Waals surface area contributed by atoms with E-state index in [0.717, 1.165) is 41.7 Å². The van der Waals surface area contributed by atoms with Crippen molar-refractivity contribution in [2.75, 3.05) is 19.6 Å². The van der Waals surface area contributed by atoms with Gasteiger partial charge in [-0.15, -0.1) is 0 Å². The standard InChI is InChI=1S/C20H23BrN4O/c1-3-24(4-2)11-12-25-18-8-6-5-7-17(18)23-20(25)22-14-15-13-16(21)9-10-19(15)26/h5-10,13-14,26H,3-4,11-12H2,1-2H3/b22-14+. The molecule has 0 aliphatic carbocycles. The lowest BCUT2D eigenvalue weighted by Gasteiger charge is -2.18. The lowest BCUT2D eigenvalue weighted by atomic mass is 10.2. The Morgan fingerprint density at radius 1 is 1.19 bits per heavy atom. The van der Waals surface area contributed by atoms with Gasteiger partial charge in [0.05, 0.1) is 11.0 Å². The second-order valence-electron chi connectivity index (χ2n) is 6.04. The van der Waals surface area contributed by atoms with E-state index in [0.29, 0.717) is 11.5 Å². The summed E-state index contributed by atoms with van der Waals surface area (Å²) >= 11 is 3.42. The number of fused-ring (bicyclic) bond motifs is 1. The molecule has 26 heavy (non-hydrogen) atoms. The molecule has 2 aromatic carbocycles. The van der Waals surface area contributed by atoms with Crippen LogP contribution in [0.5, 0.6) is 5.75 Å². The summed E-state index contributed by atoms with van der Waals surface area (Å²) in [4.78, 5) is 11.6. The molecule has 1 heterocycles. The minimum Gasteiger partial charge on any atom is -0.507 e. The van der Waals surface area contributed by atoms with Crippen molar-refractivity contribution in [2.45, 2.75) is 20.4 Å². The van der Waals surface area contributed by atoms with Crippen LogP contribution in [0.25, 0.3) is 11.0 Å². The maximum Gasteiger partial charge on any atom is 0.230 e. The van der Waals surface area contributed by atoms with Crippen LogP contribution in [0, 0.1) is 0 Å². The highest BCUT2D eigenvalue weighted by Crippen LogP contribution is 2.24. The Hall–Kier alpha value is -2.18. The van der Waals surface area contributed by atoms with Gasteiger partial charge in [0.25, 0.3) is 0 Å². The third-order valence-electron chi connectivity index (χ3n) is 4.48. The molecule has 0 saturated carbocycles. The van der Waals surface area contributed by atoms with Crippen molar-refractivity contribution in [3.8, 4) is 5.75 Å². The van der Waals surface area contributed by atoms with Crippen LogP contribution in [0.4, 0.5) is 5.95 Å². The van der Waals surface area contributed by atoms with Crippen molar-refractivity contribution in [3.05, 3.63) is 52.5 Å². The highest BCUT2D eigenvalue weighted by Gasteiger charge is 2.11. The molecule has 0 aliphatic rings. The van der Waals surface area contributed by atoms with Gasteiger partial charge >= 0.3 is 0 Å². The number of rotatable bonds is 7. The second-order valence-corrected chi connectivity index (χ2v) is 6.96. The number of hydrogen-bond donors (Lipinski definition) is 1. The maximum atomic E-state index is 10.0. The molecule has 136 valence electrons. The number of para-hydroxylation sites is 2. The minimum absolute atomic E-state index is 0.197. The molecular formula is C20H23BrN4O. The molecule has 0 bridgehead atoms. The van der Waals surface area contributed by atoms with E-state index in [1.54, 1.807) is 18.3 Å². The number of benzene rings is 2. The van der Waals surface area contributed by atoms with Crippen molar-refractivity contribution in [1.29, 1.82) is 0 Å². The van der Waals surface area contributed by atoms with Crippen LogP contribution in [0.15, 0.2) is 51.9 Å². The first-order chi connectivity index (χ1) is 12.6. The number of phenolic OH excluding ortho intramolecular Hbond substituents is 1. The molecule has 0 spiro atoms. The van der Waals surface area contributed by atoms with Crippen LogP contribution in [0.1, 0.15) is 19.4 Å². The molecule has 0 aliphatic heterocycles. The van der Waals surface area contributed by atoms with Gasteiger partial charge in [-0.3, -0.25) is 0 Å². The molecule has 0 fully saturated rings. The third kappa shape index (κ3) is 4.14. The molecule has 0 amide bonds. The fraction of sp³-hybridized carbons (Fsp3) is 0.300. The molecule has 6 heteroatoms. The van der Waals surface area contributed by atoms with E-state index in [-0.39, 0.29) is 5.75 Å². The van der Waals surface area contributed by atoms with Crippen molar-refractivity contribution in [3.63, 3.8) is 0 Å². The van der Waals surface area contributed by atoms with E-state index < -0.39 is 0 Å². The smallest absolute Gasteiger partial charge is 0.230 e. The first kappa shape index (κ1) is 18.6. The average molecular weight is 415 g/mol. The summed E-state index contributed by atoms with van der Waals surface area (Å²) in [5, 5.41) is 10.0. The van der Waals surface area contributed by atoms with Crippen LogP contribution in [0.3, 0.4) is 0 Å².